The maximum Gasteiger partial charge on any atom is 0.131 e. The summed E-state index contributed by atoms with van der Waals surface area (Å²) < 4.78 is 0. The first-order valence-corrected chi connectivity index (χ1v) is 7.53. The lowest BCUT2D eigenvalue weighted by molar-refractivity contribution is 0.753. The molecule has 2 aromatic rings. The Morgan fingerprint density at radius 3 is 2.45 bits per heavy atom. The van der Waals surface area contributed by atoms with Gasteiger partial charge in [0, 0.05) is 16.9 Å². The molecule has 112 valence electrons. The minimum absolute atomic E-state index is 0.131. The molecule has 1 aliphatic heterocycles. The molecule has 0 spiro atoms. The van der Waals surface area contributed by atoms with Crippen molar-refractivity contribution in [3.05, 3.63) is 66.2 Å². The lowest BCUT2D eigenvalue weighted by Crippen LogP contribution is -2.44. The van der Waals surface area contributed by atoms with Crippen LogP contribution in [0.3, 0.4) is 0 Å². The van der Waals surface area contributed by atoms with E-state index in [1.807, 2.05) is 25.2 Å². The molecular weight excluding hydrogens is 270 g/mol. The van der Waals surface area contributed by atoms with Crippen molar-refractivity contribution in [3.8, 4) is 0 Å². The number of nitrogens with one attached hydrogen (secondary N) is 1. The smallest absolute Gasteiger partial charge is 0.131 e. The van der Waals surface area contributed by atoms with Gasteiger partial charge in [0.05, 0.1) is 11.7 Å². The van der Waals surface area contributed by atoms with Crippen molar-refractivity contribution >= 4 is 22.9 Å². The van der Waals surface area contributed by atoms with Gasteiger partial charge in [0.25, 0.3) is 0 Å². The van der Waals surface area contributed by atoms with Gasteiger partial charge in [-0.05, 0) is 39.1 Å². The van der Waals surface area contributed by atoms with E-state index < -0.39 is 0 Å². The third-order valence-corrected chi connectivity index (χ3v) is 4.06. The van der Waals surface area contributed by atoms with E-state index in [1.165, 1.54) is 5.56 Å². The van der Waals surface area contributed by atoms with Crippen LogP contribution in [0.2, 0.25) is 0 Å². The van der Waals surface area contributed by atoms with E-state index in [0.717, 1.165) is 28.5 Å². The highest BCUT2D eigenvalue weighted by Gasteiger charge is 2.27. The molecule has 0 amide bonds. The van der Waals surface area contributed by atoms with Gasteiger partial charge in [0.1, 0.15) is 5.84 Å². The van der Waals surface area contributed by atoms with Crippen LogP contribution in [0.25, 0.3) is 5.70 Å². The number of rotatable bonds is 3. The highest BCUT2D eigenvalue weighted by atomic mass is 15.2. The summed E-state index contributed by atoms with van der Waals surface area (Å²) in [7, 11) is 1.95. The van der Waals surface area contributed by atoms with Gasteiger partial charge in [0.15, 0.2) is 0 Å². The zero-order valence-corrected chi connectivity index (χ0v) is 13.3. The van der Waals surface area contributed by atoms with Gasteiger partial charge in [-0.1, -0.05) is 42.5 Å². The van der Waals surface area contributed by atoms with Gasteiger partial charge >= 0.3 is 0 Å². The van der Waals surface area contributed by atoms with Gasteiger partial charge in [-0.3, -0.25) is 4.90 Å². The Morgan fingerprint density at radius 1 is 1.09 bits per heavy atom. The van der Waals surface area contributed by atoms with E-state index in [2.05, 4.69) is 61.0 Å². The van der Waals surface area contributed by atoms with Crippen LogP contribution in [0.15, 0.2) is 60.1 Å². The number of hydrogen-bond donors (Lipinski definition) is 1. The first kappa shape index (κ1) is 14.5. The number of amidine groups is 1. The number of likely N-dealkylation sites (N-methyl/N-ethyl adjacent to an activating group) is 1. The van der Waals surface area contributed by atoms with E-state index >= 15 is 0 Å². The van der Waals surface area contributed by atoms with Crippen molar-refractivity contribution in [3.63, 3.8) is 0 Å². The average molecular weight is 291 g/mol. The molecule has 3 heteroatoms. The SMILES string of the molecule is C=C1c2ccccc2N=C(C(C)NC)N1c1ccc(C)cc1. The summed E-state index contributed by atoms with van der Waals surface area (Å²) in [5.74, 6) is 0.968. The third-order valence-electron chi connectivity index (χ3n) is 4.06. The Labute approximate surface area is 132 Å². The van der Waals surface area contributed by atoms with Crippen molar-refractivity contribution < 1.29 is 0 Å². The number of nitrogens with zero attached hydrogens (tertiary/aromatic N) is 2. The Kier molecular flexibility index (Phi) is 3.82. The molecule has 0 bridgehead atoms. The molecule has 3 rings (SSSR count). The number of para-hydroxylation sites is 1. The zero-order valence-electron chi connectivity index (χ0n) is 13.3. The van der Waals surface area contributed by atoms with Crippen LogP contribution >= 0.6 is 0 Å². The molecular formula is C19H21N3. The molecule has 0 saturated carbocycles. The van der Waals surface area contributed by atoms with Crippen molar-refractivity contribution in [2.75, 3.05) is 11.9 Å². The second-order valence-corrected chi connectivity index (χ2v) is 5.62. The topological polar surface area (TPSA) is 27.6 Å². The monoisotopic (exact) mass is 291 g/mol. The maximum absolute atomic E-state index is 4.87. The maximum atomic E-state index is 4.87. The van der Waals surface area contributed by atoms with Crippen LogP contribution in [0.1, 0.15) is 18.1 Å². The summed E-state index contributed by atoms with van der Waals surface area (Å²) in [6.45, 7) is 8.52. The molecule has 0 fully saturated rings. The molecule has 1 unspecified atom stereocenters. The third kappa shape index (κ3) is 2.44. The largest absolute Gasteiger partial charge is 0.311 e. The Morgan fingerprint density at radius 2 is 1.77 bits per heavy atom. The van der Waals surface area contributed by atoms with E-state index in [0.29, 0.717) is 0 Å². The fraction of sp³-hybridized carbons (Fsp3) is 0.211. The number of fused-ring (bicyclic) bond motifs is 1. The predicted molar refractivity (Wildman–Crippen MR) is 94.8 cm³/mol. The second-order valence-electron chi connectivity index (χ2n) is 5.62. The van der Waals surface area contributed by atoms with Crippen LogP contribution in [0.4, 0.5) is 11.4 Å². The number of aliphatic imine (C=N–C) groups is 1. The number of anilines is 1. The molecule has 0 radical (unpaired) electrons. The summed E-state index contributed by atoms with van der Waals surface area (Å²) in [6.07, 6.45) is 0. The first-order chi connectivity index (χ1) is 10.6. The fourth-order valence-corrected chi connectivity index (χ4v) is 2.65. The van der Waals surface area contributed by atoms with Gasteiger partial charge in [0.2, 0.25) is 0 Å². The van der Waals surface area contributed by atoms with E-state index in [1.54, 1.807) is 0 Å². The molecule has 1 atom stereocenters. The van der Waals surface area contributed by atoms with Crippen molar-refractivity contribution in [2.45, 2.75) is 19.9 Å². The molecule has 1 heterocycles. The number of benzene rings is 2. The minimum atomic E-state index is 0.131. The normalized spacial score (nSPS) is 15.3. The molecule has 0 aliphatic carbocycles. The Bertz CT molecular complexity index is 729. The van der Waals surface area contributed by atoms with Crippen molar-refractivity contribution in [1.82, 2.24) is 5.32 Å². The molecule has 0 aromatic heterocycles. The number of hydrogen-bond acceptors (Lipinski definition) is 3. The summed E-state index contributed by atoms with van der Waals surface area (Å²) in [5.41, 5.74) is 5.35. The molecule has 0 saturated heterocycles. The second kappa shape index (κ2) is 5.78. The van der Waals surface area contributed by atoms with Gasteiger partial charge in [-0.2, -0.15) is 0 Å². The zero-order chi connectivity index (χ0) is 15.7. The molecule has 1 N–H and O–H groups in total. The fourth-order valence-electron chi connectivity index (χ4n) is 2.65. The summed E-state index contributed by atoms with van der Waals surface area (Å²) in [6, 6.07) is 16.7. The van der Waals surface area contributed by atoms with Crippen LogP contribution < -0.4 is 10.2 Å². The van der Waals surface area contributed by atoms with Crippen molar-refractivity contribution in [1.29, 1.82) is 0 Å². The van der Waals surface area contributed by atoms with E-state index in [-0.39, 0.29) is 6.04 Å². The highest BCUT2D eigenvalue weighted by Crippen LogP contribution is 2.36. The molecule has 1 aliphatic rings. The quantitative estimate of drug-likeness (QED) is 0.921. The summed E-state index contributed by atoms with van der Waals surface area (Å²) in [5, 5.41) is 3.28. The van der Waals surface area contributed by atoms with Gasteiger partial charge < -0.3 is 5.32 Å². The van der Waals surface area contributed by atoms with E-state index in [4.69, 9.17) is 4.99 Å². The Balaban J connectivity index is 2.15. The van der Waals surface area contributed by atoms with Gasteiger partial charge in [-0.15, -0.1) is 0 Å². The minimum Gasteiger partial charge on any atom is -0.311 e. The van der Waals surface area contributed by atoms with Gasteiger partial charge in [-0.25, -0.2) is 4.99 Å². The lowest BCUT2D eigenvalue weighted by atomic mass is 10.0. The van der Waals surface area contributed by atoms with Crippen LogP contribution in [-0.2, 0) is 0 Å². The lowest BCUT2D eigenvalue weighted by Gasteiger charge is -2.35. The van der Waals surface area contributed by atoms with Crippen LogP contribution in [-0.4, -0.2) is 18.9 Å². The summed E-state index contributed by atoms with van der Waals surface area (Å²) >= 11 is 0. The molecule has 22 heavy (non-hydrogen) atoms. The molecule has 2 aromatic carbocycles. The highest BCUT2D eigenvalue weighted by molar-refractivity contribution is 6.15. The average Bonchev–Trinajstić information content (AvgIpc) is 2.55. The summed E-state index contributed by atoms with van der Waals surface area (Å²) in [4.78, 5) is 7.01. The predicted octanol–water partition coefficient (Wildman–Crippen LogP) is 4.12. The van der Waals surface area contributed by atoms with E-state index in [9.17, 15) is 0 Å². The standard InChI is InChI=1S/C19H21N3/c1-13-9-11-16(12-10-13)22-15(3)17-7-5-6-8-18(17)21-19(22)14(2)20-4/h5-12,14,20H,3H2,1-2,4H3. The van der Waals surface area contributed by atoms with Crippen LogP contribution in [0, 0.1) is 6.92 Å². The Hall–Kier alpha value is -2.39. The number of aryl methyl sites for hydroxylation is 1. The first-order valence-electron chi connectivity index (χ1n) is 7.53. The van der Waals surface area contributed by atoms with Crippen LogP contribution in [0.5, 0.6) is 0 Å². The van der Waals surface area contributed by atoms with Crippen molar-refractivity contribution in [2.24, 2.45) is 4.99 Å². The molecule has 3 nitrogen and oxygen atoms in total.